The Balaban J connectivity index is 1.61. The van der Waals surface area contributed by atoms with Crippen LogP contribution >= 0.6 is 0 Å². The van der Waals surface area contributed by atoms with Gasteiger partial charge >= 0.3 is 0 Å². The van der Waals surface area contributed by atoms with Crippen LogP contribution in [-0.2, 0) is 6.42 Å². The Labute approximate surface area is 186 Å². The summed E-state index contributed by atoms with van der Waals surface area (Å²) in [5.74, 6) is -0.235. The Morgan fingerprint density at radius 2 is 1.53 bits per heavy atom. The fraction of sp³-hybridized carbons (Fsp3) is 0.0741. The van der Waals surface area contributed by atoms with Crippen LogP contribution in [0.2, 0.25) is 0 Å². The molecule has 0 radical (unpaired) electrons. The Hall–Kier alpha value is -4.25. The lowest BCUT2D eigenvalue weighted by Crippen LogP contribution is -2.12. The molecule has 0 aliphatic rings. The Morgan fingerprint density at radius 3 is 2.19 bits per heavy atom. The molecular formula is C27H22N4O. The summed E-state index contributed by atoms with van der Waals surface area (Å²) in [5.41, 5.74) is 6.57. The van der Waals surface area contributed by atoms with E-state index in [0.717, 1.165) is 34.6 Å². The second kappa shape index (κ2) is 8.47. The van der Waals surface area contributed by atoms with Crippen LogP contribution in [0.25, 0.3) is 28.2 Å². The molecule has 5 heteroatoms. The molecule has 0 saturated carbocycles. The second-order valence-corrected chi connectivity index (χ2v) is 7.56. The smallest absolute Gasteiger partial charge is 0.261 e. The molecule has 0 aliphatic heterocycles. The molecule has 5 rings (SSSR count). The van der Waals surface area contributed by atoms with E-state index in [1.54, 1.807) is 10.7 Å². The molecule has 0 saturated heterocycles. The van der Waals surface area contributed by atoms with Crippen LogP contribution in [-0.4, -0.2) is 20.5 Å². The predicted molar refractivity (Wildman–Crippen MR) is 128 cm³/mol. The number of fused-ring (bicyclic) bond motifs is 1. The first-order valence-electron chi connectivity index (χ1n) is 10.6. The zero-order valence-electron chi connectivity index (χ0n) is 17.7. The summed E-state index contributed by atoms with van der Waals surface area (Å²) in [4.78, 5) is 18.0. The van der Waals surface area contributed by atoms with Crippen molar-refractivity contribution in [3.05, 3.63) is 108 Å². The predicted octanol–water partition coefficient (Wildman–Crippen LogP) is 5.88. The number of carbonyl (C=O) groups is 1. The first kappa shape index (κ1) is 19.7. The summed E-state index contributed by atoms with van der Waals surface area (Å²) in [5, 5.41) is 7.49. The van der Waals surface area contributed by atoms with Crippen LogP contribution in [0.3, 0.4) is 0 Å². The van der Waals surface area contributed by atoms with E-state index in [1.165, 1.54) is 5.56 Å². The molecule has 0 atom stereocenters. The highest BCUT2D eigenvalue weighted by molar-refractivity contribution is 6.08. The third-order valence-electron chi connectivity index (χ3n) is 5.48. The van der Waals surface area contributed by atoms with Crippen LogP contribution in [0.15, 0.2) is 97.2 Å². The van der Waals surface area contributed by atoms with Crippen molar-refractivity contribution in [2.75, 3.05) is 5.32 Å². The largest absolute Gasteiger partial charge is 0.322 e. The van der Waals surface area contributed by atoms with E-state index >= 15 is 0 Å². The molecule has 2 aromatic heterocycles. The number of carbonyl (C=O) groups excluding carboxylic acids is 1. The summed E-state index contributed by atoms with van der Waals surface area (Å²) in [6, 6.07) is 29.8. The molecule has 0 unspecified atom stereocenters. The van der Waals surface area contributed by atoms with Crippen molar-refractivity contribution >= 4 is 17.2 Å². The minimum atomic E-state index is -0.235. The maximum Gasteiger partial charge on any atom is 0.261 e. The van der Waals surface area contributed by atoms with Crippen molar-refractivity contribution in [3.63, 3.8) is 0 Å². The molecule has 5 nitrogen and oxygen atoms in total. The van der Waals surface area contributed by atoms with Gasteiger partial charge in [0.05, 0.1) is 17.6 Å². The number of nitrogens with zero attached hydrogens (tertiary/aromatic N) is 3. The minimum Gasteiger partial charge on any atom is -0.322 e. The summed E-state index contributed by atoms with van der Waals surface area (Å²) < 4.78 is 1.73. The number of benzene rings is 3. The highest BCUT2D eigenvalue weighted by Gasteiger charge is 2.18. The van der Waals surface area contributed by atoms with Crippen molar-refractivity contribution in [3.8, 4) is 22.5 Å². The van der Waals surface area contributed by atoms with Gasteiger partial charge in [-0.15, -0.1) is 0 Å². The van der Waals surface area contributed by atoms with Crippen LogP contribution in [0.4, 0.5) is 5.69 Å². The summed E-state index contributed by atoms with van der Waals surface area (Å²) in [6.07, 6.45) is 2.54. The van der Waals surface area contributed by atoms with Crippen LogP contribution in [0.5, 0.6) is 0 Å². The standard InChI is InChI=1S/C27H22N4O/c1-2-19-13-15-22(16-14-19)29-27(32)23-18-28-31-25(21-11-7-4-8-12-21)17-24(30-26(23)31)20-9-5-3-6-10-20/h3-18H,2H2,1H3,(H,29,32). The number of anilines is 1. The SMILES string of the molecule is CCc1ccc(NC(=O)c2cnn3c(-c4ccccc4)cc(-c4ccccc4)nc23)cc1. The normalized spacial score (nSPS) is 10.9. The molecule has 32 heavy (non-hydrogen) atoms. The fourth-order valence-corrected chi connectivity index (χ4v) is 3.72. The third-order valence-corrected chi connectivity index (χ3v) is 5.48. The van der Waals surface area contributed by atoms with Crippen molar-refractivity contribution < 1.29 is 4.79 Å². The molecule has 0 fully saturated rings. The van der Waals surface area contributed by atoms with Gasteiger partial charge in [0.1, 0.15) is 5.56 Å². The number of amides is 1. The summed E-state index contributed by atoms with van der Waals surface area (Å²) >= 11 is 0. The lowest BCUT2D eigenvalue weighted by Gasteiger charge is -2.10. The highest BCUT2D eigenvalue weighted by atomic mass is 16.1. The molecule has 3 aromatic carbocycles. The van der Waals surface area contributed by atoms with Crippen LogP contribution < -0.4 is 5.32 Å². The van der Waals surface area contributed by atoms with Gasteiger partial charge in [0, 0.05) is 16.8 Å². The molecule has 5 aromatic rings. The monoisotopic (exact) mass is 418 g/mol. The van der Waals surface area contributed by atoms with Gasteiger partial charge in [-0.25, -0.2) is 9.50 Å². The van der Waals surface area contributed by atoms with Gasteiger partial charge < -0.3 is 5.32 Å². The zero-order valence-corrected chi connectivity index (χ0v) is 17.7. The zero-order chi connectivity index (χ0) is 21.9. The Kier molecular flexibility index (Phi) is 5.22. The molecule has 2 heterocycles. The maximum atomic E-state index is 13.1. The van der Waals surface area contributed by atoms with Crippen molar-refractivity contribution in [1.82, 2.24) is 14.6 Å². The fourth-order valence-electron chi connectivity index (χ4n) is 3.72. The molecule has 0 spiro atoms. The number of hydrogen-bond acceptors (Lipinski definition) is 3. The highest BCUT2D eigenvalue weighted by Crippen LogP contribution is 2.27. The van der Waals surface area contributed by atoms with Gasteiger partial charge in [-0.1, -0.05) is 79.7 Å². The van der Waals surface area contributed by atoms with E-state index in [2.05, 4.69) is 17.3 Å². The molecular weight excluding hydrogens is 396 g/mol. The molecule has 1 N–H and O–H groups in total. The van der Waals surface area contributed by atoms with Gasteiger partial charge in [0.15, 0.2) is 5.65 Å². The van der Waals surface area contributed by atoms with Crippen LogP contribution in [0.1, 0.15) is 22.8 Å². The number of rotatable bonds is 5. The third kappa shape index (κ3) is 3.76. The number of aromatic nitrogens is 3. The molecule has 156 valence electrons. The van der Waals surface area contributed by atoms with Crippen LogP contribution in [0, 0.1) is 0 Å². The average Bonchev–Trinajstić information content (AvgIpc) is 3.29. The van der Waals surface area contributed by atoms with Crippen molar-refractivity contribution in [2.24, 2.45) is 0 Å². The van der Waals surface area contributed by atoms with Gasteiger partial charge in [0.25, 0.3) is 5.91 Å². The molecule has 0 aliphatic carbocycles. The maximum absolute atomic E-state index is 13.1. The van der Waals surface area contributed by atoms with E-state index in [-0.39, 0.29) is 5.91 Å². The van der Waals surface area contributed by atoms with Gasteiger partial charge in [-0.3, -0.25) is 4.79 Å². The first-order chi connectivity index (χ1) is 15.7. The lowest BCUT2D eigenvalue weighted by molar-refractivity contribution is 0.102. The van der Waals surface area contributed by atoms with Gasteiger partial charge in [-0.05, 0) is 30.2 Å². The Bertz CT molecular complexity index is 1370. The summed E-state index contributed by atoms with van der Waals surface area (Å²) in [7, 11) is 0. The number of hydrogen-bond donors (Lipinski definition) is 1. The number of aryl methyl sites for hydroxylation is 1. The quantitative estimate of drug-likeness (QED) is 0.388. The average molecular weight is 419 g/mol. The van der Waals surface area contributed by atoms with E-state index in [1.807, 2.05) is 91.0 Å². The number of nitrogens with one attached hydrogen (secondary N) is 1. The minimum absolute atomic E-state index is 0.235. The van der Waals surface area contributed by atoms with E-state index < -0.39 is 0 Å². The first-order valence-corrected chi connectivity index (χ1v) is 10.6. The Morgan fingerprint density at radius 1 is 0.875 bits per heavy atom. The topological polar surface area (TPSA) is 59.3 Å². The van der Waals surface area contributed by atoms with E-state index in [9.17, 15) is 4.79 Å². The van der Waals surface area contributed by atoms with Gasteiger partial charge in [-0.2, -0.15) is 5.10 Å². The second-order valence-electron chi connectivity index (χ2n) is 7.56. The van der Waals surface area contributed by atoms with E-state index in [4.69, 9.17) is 4.98 Å². The summed E-state index contributed by atoms with van der Waals surface area (Å²) in [6.45, 7) is 2.10. The van der Waals surface area contributed by atoms with Gasteiger partial charge in [0.2, 0.25) is 0 Å². The molecule has 0 bridgehead atoms. The van der Waals surface area contributed by atoms with E-state index in [0.29, 0.717) is 11.2 Å². The van der Waals surface area contributed by atoms with Crippen molar-refractivity contribution in [1.29, 1.82) is 0 Å². The van der Waals surface area contributed by atoms with Crippen molar-refractivity contribution in [2.45, 2.75) is 13.3 Å². The molecule has 1 amide bonds. The lowest BCUT2D eigenvalue weighted by atomic mass is 10.1.